The first kappa shape index (κ1) is 13.6. The smallest absolute Gasteiger partial charge is 0.374 e. The molecule has 1 N–H and O–H groups in total. The molecule has 0 spiro atoms. The number of likely N-dealkylation sites (tertiary alicyclic amines) is 1. The Kier molecular flexibility index (Phi) is 4.57. The van der Waals surface area contributed by atoms with Gasteiger partial charge >= 0.3 is 5.97 Å². The molecule has 1 aromatic rings. The number of ether oxygens (including phenoxy) is 1. The van der Waals surface area contributed by atoms with Gasteiger partial charge in [0.15, 0.2) is 0 Å². The van der Waals surface area contributed by atoms with Crippen molar-refractivity contribution in [2.24, 2.45) is 0 Å². The summed E-state index contributed by atoms with van der Waals surface area (Å²) in [6.45, 7) is 2.37. The molecule has 2 heterocycles. The highest BCUT2D eigenvalue weighted by molar-refractivity contribution is 5.87. The zero-order valence-electron chi connectivity index (χ0n) is 11.0. The highest BCUT2D eigenvalue weighted by atomic mass is 16.5. The lowest BCUT2D eigenvalue weighted by Gasteiger charge is -2.15. The van der Waals surface area contributed by atoms with Gasteiger partial charge in [0.1, 0.15) is 0 Å². The van der Waals surface area contributed by atoms with Crippen LogP contribution in [0.3, 0.4) is 0 Å². The van der Waals surface area contributed by atoms with Crippen LogP contribution in [0.1, 0.15) is 29.0 Å². The number of rotatable bonds is 5. The van der Waals surface area contributed by atoms with Crippen LogP contribution in [0.2, 0.25) is 0 Å². The average Bonchev–Trinajstić information content (AvgIpc) is 3.08. The molecular formula is C13H18N2O4. The van der Waals surface area contributed by atoms with Crippen molar-refractivity contribution >= 4 is 11.9 Å². The molecule has 6 heteroatoms. The third kappa shape index (κ3) is 3.35. The molecule has 0 aromatic carbocycles. The maximum absolute atomic E-state index is 11.8. The first-order valence-corrected chi connectivity index (χ1v) is 6.35. The quantitative estimate of drug-likeness (QED) is 0.797. The van der Waals surface area contributed by atoms with Gasteiger partial charge in [0, 0.05) is 25.2 Å². The minimum Gasteiger partial charge on any atom is -0.463 e. The molecule has 1 amide bonds. The van der Waals surface area contributed by atoms with Crippen LogP contribution in [0.25, 0.3) is 0 Å². The monoisotopic (exact) mass is 266 g/mol. The van der Waals surface area contributed by atoms with Crippen molar-refractivity contribution in [3.8, 4) is 0 Å². The summed E-state index contributed by atoms with van der Waals surface area (Å²) in [5, 5.41) is 3.02. The molecule has 0 saturated carbocycles. The average molecular weight is 266 g/mol. The Morgan fingerprint density at radius 1 is 1.42 bits per heavy atom. The van der Waals surface area contributed by atoms with E-state index in [4.69, 9.17) is 4.42 Å². The van der Waals surface area contributed by atoms with E-state index in [1.807, 2.05) is 4.90 Å². The number of hydrogen-bond donors (Lipinski definition) is 1. The number of carbonyl (C=O) groups is 2. The summed E-state index contributed by atoms with van der Waals surface area (Å²) in [6, 6.07) is 1.69. The summed E-state index contributed by atoms with van der Waals surface area (Å²) in [4.78, 5) is 25.0. The van der Waals surface area contributed by atoms with E-state index in [0.29, 0.717) is 12.1 Å². The van der Waals surface area contributed by atoms with Gasteiger partial charge in [-0.25, -0.2) is 4.79 Å². The summed E-state index contributed by atoms with van der Waals surface area (Å²) in [5.74, 6) is -0.225. The number of methoxy groups -OCH3 is 1. The second-order valence-electron chi connectivity index (χ2n) is 4.46. The van der Waals surface area contributed by atoms with E-state index in [9.17, 15) is 9.59 Å². The van der Waals surface area contributed by atoms with Crippen LogP contribution in [0.5, 0.6) is 0 Å². The highest BCUT2D eigenvalue weighted by Gasteiger charge is 2.18. The van der Waals surface area contributed by atoms with E-state index in [0.717, 1.165) is 25.9 Å². The normalized spacial score (nSPS) is 14.7. The summed E-state index contributed by atoms with van der Waals surface area (Å²) in [5.41, 5.74) is 0.695. The number of carbonyl (C=O) groups excluding carboxylic acids is 2. The molecule has 1 fully saturated rings. The first-order valence-electron chi connectivity index (χ1n) is 6.35. The largest absolute Gasteiger partial charge is 0.463 e. The van der Waals surface area contributed by atoms with Crippen molar-refractivity contribution in [1.29, 1.82) is 0 Å². The Labute approximate surface area is 111 Å². The molecule has 0 radical (unpaired) electrons. The van der Waals surface area contributed by atoms with Crippen LogP contribution in [-0.4, -0.2) is 43.5 Å². The van der Waals surface area contributed by atoms with Crippen LogP contribution < -0.4 is 5.32 Å². The minimum atomic E-state index is -0.507. The number of nitrogens with one attached hydrogen (secondary N) is 1. The fraction of sp³-hybridized carbons (Fsp3) is 0.538. The van der Waals surface area contributed by atoms with Crippen LogP contribution in [0.4, 0.5) is 0 Å². The first-order chi connectivity index (χ1) is 9.22. The molecule has 0 bridgehead atoms. The Morgan fingerprint density at radius 3 is 2.84 bits per heavy atom. The lowest BCUT2D eigenvalue weighted by Crippen LogP contribution is -2.36. The van der Waals surface area contributed by atoms with Gasteiger partial charge < -0.3 is 19.4 Å². The molecular weight excluding hydrogens is 248 g/mol. The summed E-state index contributed by atoms with van der Waals surface area (Å²) >= 11 is 0. The molecule has 1 aliphatic heterocycles. The SMILES string of the molecule is COC(=O)c1occc1CNCC(=O)N1CCCC1. The molecule has 1 aromatic heterocycles. The Balaban J connectivity index is 1.81. The zero-order valence-corrected chi connectivity index (χ0v) is 11.0. The number of hydrogen-bond acceptors (Lipinski definition) is 5. The fourth-order valence-electron chi connectivity index (χ4n) is 2.13. The summed E-state index contributed by atoms with van der Waals surface area (Å²) in [7, 11) is 1.30. The van der Waals surface area contributed by atoms with Gasteiger partial charge in [0.25, 0.3) is 0 Å². The maximum atomic E-state index is 11.8. The van der Waals surface area contributed by atoms with Gasteiger partial charge in [-0.2, -0.15) is 0 Å². The molecule has 19 heavy (non-hydrogen) atoms. The van der Waals surface area contributed by atoms with Gasteiger partial charge in [-0.1, -0.05) is 0 Å². The highest BCUT2D eigenvalue weighted by Crippen LogP contribution is 2.11. The number of amides is 1. The zero-order chi connectivity index (χ0) is 13.7. The van der Waals surface area contributed by atoms with E-state index in [1.165, 1.54) is 13.4 Å². The van der Waals surface area contributed by atoms with Crippen molar-refractivity contribution in [3.63, 3.8) is 0 Å². The molecule has 2 rings (SSSR count). The Hall–Kier alpha value is -1.82. The van der Waals surface area contributed by atoms with E-state index >= 15 is 0 Å². The molecule has 1 saturated heterocycles. The van der Waals surface area contributed by atoms with Crippen LogP contribution in [0.15, 0.2) is 16.7 Å². The molecule has 1 aliphatic rings. The molecule has 104 valence electrons. The maximum Gasteiger partial charge on any atom is 0.374 e. The van der Waals surface area contributed by atoms with Crippen molar-refractivity contribution in [2.75, 3.05) is 26.7 Å². The summed E-state index contributed by atoms with van der Waals surface area (Å²) in [6.07, 6.45) is 3.60. The van der Waals surface area contributed by atoms with E-state index in [-0.39, 0.29) is 18.2 Å². The number of nitrogens with zero attached hydrogens (tertiary/aromatic N) is 1. The Morgan fingerprint density at radius 2 is 2.16 bits per heavy atom. The van der Waals surface area contributed by atoms with Crippen molar-refractivity contribution in [3.05, 3.63) is 23.7 Å². The molecule has 0 atom stereocenters. The van der Waals surface area contributed by atoms with Gasteiger partial charge in [-0.3, -0.25) is 4.79 Å². The van der Waals surface area contributed by atoms with Crippen LogP contribution in [0, 0.1) is 0 Å². The second-order valence-corrected chi connectivity index (χ2v) is 4.46. The van der Waals surface area contributed by atoms with Gasteiger partial charge in [0.05, 0.1) is 19.9 Å². The fourth-order valence-corrected chi connectivity index (χ4v) is 2.13. The predicted octanol–water partition coefficient (Wildman–Crippen LogP) is 0.778. The van der Waals surface area contributed by atoms with Gasteiger partial charge in [-0.15, -0.1) is 0 Å². The van der Waals surface area contributed by atoms with E-state index in [2.05, 4.69) is 10.1 Å². The van der Waals surface area contributed by atoms with Gasteiger partial charge in [-0.05, 0) is 18.9 Å². The number of esters is 1. The third-order valence-corrected chi connectivity index (χ3v) is 3.17. The third-order valence-electron chi connectivity index (χ3n) is 3.17. The van der Waals surface area contributed by atoms with Crippen LogP contribution >= 0.6 is 0 Å². The van der Waals surface area contributed by atoms with E-state index < -0.39 is 5.97 Å². The summed E-state index contributed by atoms with van der Waals surface area (Å²) < 4.78 is 9.67. The lowest BCUT2D eigenvalue weighted by atomic mass is 10.2. The Bertz CT molecular complexity index is 449. The molecule has 0 aliphatic carbocycles. The molecule has 6 nitrogen and oxygen atoms in total. The lowest BCUT2D eigenvalue weighted by molar-refractivity contribution is -0.129. The van der Waals surface area contributed by atoms with Crippen molar-refractivity contribution < 1.29 is 18.7 Å². The minimum absolute atomic E-state index is 0.0978. The van der Waals surface area contributed by atoms with Gasteiger partial charge in [0.2, 0.25) is 11.7 Å². The van der Waals surface area contributed by atoms with Crippen molar-refractivity contribution in [2.45, 2.75) is 19.4 Å². The second kappa shape index (κ2) is 6.38. The molecule has 0 unspecified atom stereocenters. The van der Waals surface area contributed by atoms with Crippen LogP contribution in [-0.2, 0) is 16.1 Å². The van der Waals surface area contributed by atoms with Crippen molar-refractivity contribution in [1.82, 2.24) is 10.2 Å². The number of furan rings is 1. The standard InChI is InChI=1S/C13H18N2O4/c1-18-13(17)12-10(4-7-19-12)8-14-9-11(16)15-5-2-3-6-15/h4,7,14H,2-3,5-6,8-9H2,1H3. The predicted molar refractivity (Wildman–Crippen MR) is 67.6 cm³/mol. The topological polar surface area (TPSA) is 71.8 Å². The van der Waals surface area contributed by atoms with E-state index in [1.54, 1.807) is 6.07 Å².